The van der Waals surface area contributed by atoms with Gasteiger partial charge in [-0.3, -0.25) is 14.6 Å². The largest absolute Gasteiger partial charge is 0.342 e. The molecule has 7 heteroatoms. The Morgan fingerprint density at radius 3 is 2.96 bits per heavy atom. The lowest BCUT2D eigenvalue weighted by Gasteiger charge is -2.27. The first kappa shape index (κ1) is 15.8. The molecule has 7 nitrogen and oxygen atoms in total. The Morgan fingerprint density at radius 2 is 2.20 bits per heavy atom. The summed E-state index contributed by atoms with van der Waals surface area (Å²) in [6.07, 6.45) is 8.55. The molecule has 2 aromatic heterocycles. The summed E-state index contributed by atoms with van der Waals surface area (Å²) < 4.78 is 2.10. The summed E-state index contributed by atoms with van der Waals surface area (Å²) in [6, 6.07) is 3.55. The number of rotatable bonds is 3. The number of amides is 2. The number of imidazole rings is 1. The minimum absolute atomic E-state index is 0.0395. The summed E-state index contributed by atoms with van der Waals surface area (Å²) in [5, 5.41) is 0. The van der Waals surface area contributed by atoms with Crippen molar-refractivity contribution < 1.29 is 9.59 Å². The summed E-state index contributed by atoms with van der Waals surface area (Å²) in [5.74, 6) is 1.26. The lowest BCUT2D eigenvalue weighted by atomic mass is 10.1. The molecule has 0 aromatic carbocycles. The Labute approximate surface area is 146 Å². The molecule has 0 N–H and O–H groups in total. The van der Waals surface area contributed by atoms with Gasteiger partial charge in [0.05, 0.1) is 12.1 Å². The van der Waals surface area contributed by atoms with E-state index >= 15 is 0 Å². The fourth-order valence-corrected chi connectivity index (χ4v) is 3.69. The minimum Gasteiger partial charge on any atom is -0.342 e. The molecule has 4 heterocycles. The molecule has 4 rings (SSSR count). The normalized spacial score (nSPS) is 20.5. The predicted molar refractivity (Wildman–Crippen MR) is 90.5 cm³/mol. The Hall–Kier alpha value is -2.70. The first-order valence-corrected chi connectivity index (χ1v) is 8.68. The van der Waals surface area contributed by atoms with Crippen LogP contribution in [-0.4, -0.2) is 55.8 Å². The van der Waals surface area contributed by atoms with Crippen LogP contribution in [0.25, 0.3) is 0 Å². The second-order valence-electron chi connectivity index (χ2n) is 6.73. The second-order valence-corrected chi connectivity index (χ2v) is 6.73. The zero-order chi connectivity index (χ0) is 17.2. The second kappa shape index (κ2) is 6.66. The molecule has 1 unspecified atom stereocenters. The highest BCUT2D eigenvalue weighted by molar-refractivity contribution is 5.93. The number of nitrogens with zero attached hydrogens (tertiary/aromatic N) is 5. The molecule has 1 atom stereocenters. The number of fused-ring (bicyclic) bond motifs is 1. The van der Waals surface area contributed by atoms with Gasteiger partial charge in [-0.25, -0.2) is 4.98 Å². The van der Waals surface area contributed by atoms with Crippen LogP contribution >= 0.6 is 0 Å². The van der Waals surface area contributed by atoms with Gasteiger partial charge in [0.15, 0.2) is 0 Å². The van der Waals surface area contributed by atoms with Gasteiger partial charge in [-0.2, -0.15) is 0 Å². The number of hydrogen-bond donors (Lipinski definition) is 0. The van der Waals surface area contributed by atoms with Crippen molar-refractivity contribution in [2.45, 2.75) is 25.9 Å². The molecular formula is C18H21N5O2. The Bertz CT molecular complexity index is 773. The topological polar surface area (TPSA) is 71.3 Å². The van der Waals surface area contributed by atoms with Crippen LogP contribution in [0, 0.1) is 5.92 Å². The van der Waals surface area contributed by atoms with E-state index in [1.807, 2.05) is 16.0 Å². The summed E-state index contributed by atoms with van der Waals surface area (Å²) >= 11 is 0. The Morgan fingerprint density at radius 1 is 1.28 bits per heavy atom. The average molecular weight is 339 g/mol. The smallest absolute Gasteiger partial charge is 0.255 e. The third kappa shape index (κ3) is 3.26. The van der Waals surface area contributed by atoms with E-state index in [2.05, 4.69) is 14.5 Å². The summed E-state index contributed by atoms with van der Waals surface area (Å²) in [5.41, 5.74) is 0.582. The van der Waals surface area contributed by atoms with Crippen LogP contribution in [0.3, 0.4) is 0 Å². The van der Waals surface area contributed by atoms with Gasteiger partial charge >= 0.3 is 0 Å². The molecule has 0 bridgehead atoms. The highest BCUT2D eigenvalue weighted by atomic mass is 16.2. The molecular weight excluding hydrogens is 318 g/mol. The lowest BCUT2D eigenvalue weighted by molar-refractivity contribution is -0.128. The number of carbonyl (C=O) groups is 2. The van der Waals surface area contributed by atoms with E-state index in [1.165, 1.54) is 0 Å². The van der Waals surface area contributed by atoms with Crippen LogP contribution in [0.5, 0.6) is 0 Å². The molecule has 25 heavy (non-hydrogen) atoms. The molecule has 0 radical (unpaired) electrons. The van der Waals surface area contributed by atoms with Crippen molar-refractivity contribution in [1.29, 1.82) is 0 Å². The molecule has 0 spiro atoms. The van der Waals surface area contributed by atoms with Crippen molar-refractivity contribution in [2.75, 3.05) is 19.6 Å². The van der Waals surface area contributed by atoms with Gasteiger partial charge in [-0.15, -0.1) is 0 Å². The molecule has 1 saturated heterocycles. The Kier molecular flexibility index (Phi) is 4.21. The Balaban J connectivity index is 1.57. The van der Waals surface area contributed by atoms with E-state index in [4.69, 9.17) is 0 Å². The number of likely N-dealkylation sites (tertiary alicyclic amines) is 1. The van der Waals surface area contributed by atoms with E-state index in [0.717, 1.165) is 25.3 Å². The van der Waals surface area contributed by atoms with Crippen molar-refractivity contribution in [2.24, 2.45) is 5.92 Å². The predicted octanol–water partition coefficient (Wildman–Crippen LogP) is 1.17. The highest BCUT2D eigenvalue weighted by Gasteiger charge is 2.30. The minimum atomic E-state index is -0.0395. The third-order valence-corrected chi connectivity index (χ3v) is 4.91. The summed E-state index contributed by atoms with van der Waals surface area (Å²) in [7, 11) is 0. The van der Waals surface area contributed by atoms with Gasteiger partial charge in [-0.1, -0.05) is 0 Å². The van der Waals surface area contributed by atoms with Crippen molar-refractivity contribution in [1.82, 2.24) is 24.3 Å². The van der Waals surface area contributed by atoms with Crippen LogP contribution in [0.2, 0.25) is 0 Å². The number of carbonyl (C=O) groups excluding carboxylic acids is 2. The zero-order valence-electron chi connectivity index (χ0n) is 14.0. The average Bonchev–Trinajstić information content (AvgIpc) is 3.19. The molecule has 2 amide bonds. The molecule has 0 aliphatic carbocycles. The quantitative estimate of drug-likeness (QED) is 0.842. The van der Waals surface area contributed by atoms with E-state index in [-0.39, 0.29) is 17.7 Å². The highest BCUT2D eigenvalue weighted by Crippen LogP contribution is 2.20. The van der Waals surface area contributed by atoms with E-state index in [9.17, 15) is 9.59 Å². The fraction of sp³-hybridized carbons (Fsp3) is 0.444. The van der Waals surface area contributed by atoms with E-state index in [0.29, 0.717) is 31.6 Å². The van der Waals surface area contributed by atoms with Crippen LogP contribution in [0.1, 0.15) is 29.0 Å². The molecule has 1 fully saturated rings. The SMILES string of the molecule is O=C1CCCN1CC1CN(C(=O)c2cccnc2)Cc2nccn2C1. The fourth-order valence-electron chi connectivity index (χ4n) is 3.69. The number of hydrogen-bond acceptors (Lipinski definition) is 4. The van der Waals surface area contributed by atoms with Crippen LogP contribution in [0.15, 0.2) is 36.9 Å². The standard InChI is InChI=1S/C18H21N5O2/c24-17-4-2-7-22(17)11-14-10-21-8-6-20-16(21)13-23(12-14)18(25)15-3-1-5-19-9-15/h1,3,5-6,8-9,14H,2,4,7,10-13H2. The maximum absolute atomic E-state index is 12.9. The van der Waals surface area contributed by atoms with Crippen LogP contribution in [-0.2, 0) is 17.9 Å². The number of pyridine rings is 1. The lowest BCUT2D eigenvalue weighted by Crippen LogP contribution is -2.39. The molecule has 130 valence electrons. The van der Waals surface area contributed by atoms with Gasteiger partial charge in [-0.05, 0) is 18.6 Å². The zero-order valence-corrected chi connectivity index (χ0v) is 14.0. The summed E-state index contributed by atoms with van der Waals surface area (Å²) in [6.45, 7) is 3.37. The van der Waals surface area contributed by atoms with Crippen molar-refractivity contribution in [3.63, 3.8) is 0 Å². The first-order chi connectivity index (χ1) is 12.2. The van der Waals surface area contributed by atoms with Crippen LogP contribution < -0.4 is 0 Å². The first-order valence-electron chi connectivity index (χ1n) is 8.68. The molecule has 2 aliphatic rings. The van der Waals surface area contributed by atoms with Gasteiger partial charge in [0.1, 0.15) is 5.82 Å². The van der Waals surface area contributed by atoms with Gasteiger partial charge in [0.25, 0.3) is 5.91 Å². The molecule has 2 aliphatic heterocycles. The van der Waals surface area contributed by atoms with Crippen molar-refractivity contribution in [3.05, 3.63) is 48.3 Å². The maximum atomic E-state index is 12.9. The monoisotopic (exact) mass is 339 g/mol. The molecule has 0 saturated carbocycles. The third-order valence-electron chi connectivity index (χ3n) is 4.91. The van der Waals surface area contributed by atoms with Gasteiger partial charge in [0.2, 0.25) is 5.91 Å². The van der Waals surface area contributed by atoms with Crippen LogP contribution in [0.4, 0.5) is 0 Å². The number of aromatic nitrogens is 3. The van der Waals surface area contributed by atoms with Crippen molar-refractivity contribution >= 4 is 11.8 Å². The van der Waals surface area contributed by atoms with E-state index in [1.54, 1.807) is 30.7 Å². The molecule has 2 aromatic rings. The van der Waals surface area contributed by atoms with Gasteiger partial charge in [0, 0.05) is 63.3 Å². The van der Waals surface area contributed by atoms with Crippen molar-refractivity contribution in [3.8, 4) is 0 Å². The summed E-state index contributed by atoms with van der Waals surface area (Å²) in [4.78, 5) is 37.1. The maximum Gasteiger partial charge on any atom is 0.255 e. The van der Waals surface area contributed by atoms with E-state index < -0.39 is 0 Å². The van der Waals surface area contributed by atoms with Gasteiger partial charge < -0.3 is 14.4 Å².